The van der Waals surface area contributed by atoms with E-state index < -0.39 is 0 Å². The second-order valence-electron chi connectivity index (χ2n) is 12.3. The molecule has 0 aromatic heterocycles. The molecule has 6 aromatic carbocycles. The fourth-order valence-electron chi connectivity index (χ4n) is 6.06. The summed E-state index contributed by atoms with van der Waals surface area (Å²) in [6.07, 6.45) is 0. The fourth-order valence-corrected chi connectivity index (χ4v) is 7.88. The molecule has 0 aliphatic carbocycles. The summed E-state index contributed by atoms with van der Waals surface area (Å²) >= 11 is 3.76. The molecule has 0 unspecified atom stereocenters. The third kappa shape index (κ3) is 5.36. The van der Waals surface area contributed by atoms with Gasteiger partial charge in [0.1, 0.15) is 18.1 Å². The van der Waals surface area contributed by atoms with E-state index in [-0.39, 0.29) is 5.41 Å². The summed E-state index contributed by atoms with van der Waals surface area (Å²) in [5, 5.41) is 18.0. The second-order valence-corrected chi connectivity index (χ2v) is 14.3. The number of phenols is 1. The Labute approximate surface area is 250 Å². The van der Waals surface area contributed by atoms with Crippen LogP contribution in [0.2, 0.25) is 0 Å². The van der Waals surface area contributed by atoms with Crippen LogP contribution in [0.1, 0.15) is 54.2 Å². The van der Waals surface area contributed by atoms with Crippen LogP contribution in [-0.2, 0) is 35.0 Å². The Bertz CT molecular complexity index is 1840. The van der Waals surface area contributed by atoms with Gasteiger partial charge in [-0.2, -0.15) is 23.5 Å². The Hall–Kier alpha value is -3.34. The Morgan fingerprint density at radius 2 is 1.17 bits per heavy atom. The maximum atomic E-state index is 10.1. The van der Waals surface area contributed by atoms with Gasteiger partial charge in [-0.15, -0.1) is 0 Å². The van der Waals surface area contributed by atoms with Gasteiger partial charge in [-0.05, 0) is 95.4 Å². The first kappa shape index (κ1) is 26.6. The average molecular weight is 575 g/mol. The minimum Gasteiger partial charge on any atom is -0.508 e. The van der Waals surface area contributed by atoms with E-state index in [0.717, 1.165) is 28.8 Å². The van der Waals surface area contributed by atoms with E-state index in [4.69, 9.17) is 4.74 Å². The molecule has 1 N–H and O–H groups in total. The van der Waals surface area contributed by atoms with E-state index in [1.807, 2.05) is 35.7 Å². The normalized spacial score (nSPS) is 14.3. The molecule has 4 bridgehead atoms. The van der Waals surface area contributed by atoms with Crippen LogP contribution < -0.4 is 4.74 Å². The molecule has 0 radical (unpaired) electrons. The van der Waals surface area contributed by atoms with Crippen molar-refractivity contribution in [1.29, 1.82) is 0 Å². The lowest BCUT2D eigenvalue weighted by Gasteiger charge is -2.22. The molecular weight excluding hydrogens is 541 g/mol. The molecule has 1 aliphatic rings. The number of thioether (sulfide) groups is 2. The van der Waals surface area contributed by atoms with Gasteiger partial charge in [0.2, 0.25) is 0 Å². The van der Waals surface area contributed by atoms with Crippen LogP contribution in [0.5, 0.6) is 11.5 Å². The predicted octanol–water partition coefficient (Wildman–Crippen LogP) is 10.3. The van der Waals surface area contributed by atoms with Crippen LogP contribution in [-0.4, -0.2) is 5.11 Å². The van der Waals surface area contributed by atoms with E-state index >= 15 is 0 Å². The summed E-state index contributed by atoms with van der Waals surface area (Å²) in [7, 11) is 0. The monoisotopic (exact) mass is 574 g/mol. The number of ether oxygens (including phenoxy) is 1. The molecule has 2 nitrogen and oxygen atoms in total. The Balaban J connectivity index is 1.18. The number of hydrogen-bond acceptors (Lipinski definition) is 4. The molecule has 206 valence electrons. The largest absolute Gasteiger partial charge is 0.508 e. The Kier molecular flexibility index (Phi) is 6.79. The molecule has 0 atom stereocenters. The van der Waals surface area contributed by atoms with Gasteiger partial charge in [0.15, 0.2) is 0 Å². The number of rotatable bonds is 3. The second kappa shape index (κ2) is 10.5. The highest BCUT2D eigenvalue weighted by Crippen LogP contribution is 2.39. The molecule has 6 aromatic rings. The smallest absolute Gasteiger partial charge is 0.120 e. The number of fused-ring (bicyclic) bond motifs is 4. The molecule has 4 heteroatoms. The highest BCUT2D eigenvalue weighted by atomic mass is 32.2. The molecule has 0 saturated heterocycles. The lowest BCUT2D eigenvalue weighted by molar-refractivity contribution is 0.307. The summed E-state index contributed by atoms with van der Waals surface area (Å²) in [6, 6.07) is 31.0. The standard InChI is InChI=1S/C37H34O2S2/c1-37(2,3)31-16-28-6-4-27-5-7-30(34-9-8-29(17-31)35(28)36(27)34)18-39-33-14-25-11-26(15-33)22-41-20-24-10-23(19-40-21-25)12-32(38)13-24/h4-17,38H,18-22H2,1-3H3. The molecule has 1 aliphatic heterocycles. The molecule has 0 amide bonds. The first-order chi connectivity index (χ1) is 19.8. The summed E-state index contributed by atoms with van der Waals surface area (Å²) in [6.45, 7) is 7.39. The molecule has 1 heterocycles. The molecular formula is C37H34O2S2. The van der Waals surface area contributed by atoms with Crippen molar-refractivity contribution in [2.24, 2.45) is 0 Å². The molecule has 0 fully saturated rings. The van der Waals surface area contributed by atoms with Gasteiger partial charge >= 0.3 is 0 Å². The van der Waals surface area contributed by atoms with Gasteiger partial charge in [0, 0.05) is 23.0 Å². The minimum atomic E-state index is 0.109. The summed E-state index contributed by atoms with van der Waals surface area (Å²) in [4.78, 5) is 0. The zero-order chi connectivity index (χ0) is 28.1. The van der Waals surface area contributed by atoms with Gasteiger partial charge in [-0.25, -0.2) is 0 Å². The summed E-state index contributed by atoms with van der Waals surface area (Å²) < 4.78 is 6.53. The first-order valence-electron chi connectivity index (χ1n) is 14.2. The van der Waals surface area contributed by atoms with Crippen molar-refractivity contribution in [1.82, 2.24) is 0 Å². The molecule has 0 saturated carbocycles. The van der Waals surface area contributed by atoms with Crippen molar-refractivity contribution < 1.29 is 9.84 Å². The van der Waals surface area contributed by atoms with Crippen molar-refractivity contribution in [2.45, 2.75) is 55.8 Å². The zero-order valence-corrected chi connectivity index (χ0v) is 25.4. The van der Waals surface area contributed by atoms with E-state index in [2.05, 4.69) is 93.6 Å². The van der Waals surface area contributed by atoms with E-state index in [1.165, 1.54) is 65.7 Å². The lowest BCUT2D eigenvalue weighted by Crippen LogP contribution is -2.10. The maximum absolute atomic E-state index is 10.1. The predicted molar refractivity (Wildman–Crippen MR) is 178 cm³/mol. The summed E-state index contributed by atoms with van der Waals surface area (Å²) in [5.74, 6) is 4.89. The average Bonchev–Trinajstić information content (AvgIpc) is 2.93. The summed E-state index contributed by atoms with van der Waals surface area (Å²) in [5.41, 5.74) is 7.64. The van der Waals surface area contributed by atoms with Crippen LogP contribution >= 0.6 is 23.5 Å². The SMILES string of the molecule is CC(C)(C)c1cc2ccc3ccc(COc4cc5cc(c4)CSCc4cc(O)cc(c4)CSC5)c4ccc(c1)c2c34. The maximum Gasteiger partial charge on any atom is 0.120 e. The van der Waals surface area contributed by atoms with E-state index in [0.29, 0.717) is 12.4 Å². The zero-order valence-electron chi connectivity index (χ0n) is 23.8. The first-order valence-corrected chi connectivity index (χ1v) is 16.5. The van der Waals surface area contributed by atoms with E-state index in [9.17, 15) is 5.11 Å². The number of benzene rings is 6. The minimum absolute atomic E-state index is 0.109. The van der Waals surface area contributed by atoms with Crippen LogP contribution in [0.4, 0.5) is 0 Å². The van der Waals surface area contributed by atoms with Crippen LogP contribution in [0.3, 0.4) is 0 Å². The van der Waals surface area contributed by atoms with Gasteiger partial charge in [-0.1, -0.05) is 81.4 Å². The van der Waals surface area contributed by atoms with Crippen molar-refractivity contribution >= 4 is 55.8 Å². The lowest BCUT2D eigenvalue weighted by atomic mass is 9.83. The highest BCUT2D eigenvalue weighted by Gasteiger charge is 2.18. The van der Waals surface area contributed by atoms with Crippen molar-refractivity contribution in [2.75, 3.05) is 0 Å². The van der Waals surface area contributed by atoms with Gasteiger partial charge in [0.05, 0.1) is 0 Å². The third-order valence-corrected chi connectivity index (χ3v) is 10.2. The van der Waals surface area contributed by atoms with Gasteiger partial charge in [0.25, 0.3) is 0 Å². The van der Waals surface area contributed by atoms with Crippen LogP contribution in [0.25, 0.3) is 32.3 Å². The Morgan fingerprint density at radius 3 is 1.78 bits per heavy atom. The van der Waals surface area contributed by atoms with E-state index in [1.54, 1.807) is 0 Å². The van der Waals surface area contributed by atoms with Crippen LogP contribution in [0.15, 0.2) is 84.9 Å². The Morgan fingerprint density at radius 1 is 0.634 bits per heavy atom. The third-order valence-electron chi connectivity index (χ3n) is 8.09. The van der Waals surface area contributed by atoms with Crippen molar-refractivity contribution in [3.8, 4) is 11.5 Å². The van der Waals surface area contributed by atoms with Crippen molar-refractivity contribution in [3.63, 3.8) is 0 Å². The van der Waals surface area contributed by atoms with Crippen LogP contribution in [0, 0.1) is 0 Å². The topological polar surface area (TPSA) is 29.5 Å². The molecule has 0 spiro atoms. The molecule has 7 rings (SSSR count). The fraction of sp³-hybridized carbons (Fsp3) is 0.243. The van der Waals surface area contributed by atoms with Gasteiger partial charge in [-0.3, -0.25) is 0 Å². The van der Waals surface area contributed by atoms with Gasteiger partial charge < -0.3 is 9.84 Å². The molecule has 41 heavy (non-hydrogen) atoms. The number of phenolic OH excluding ortho intramolecular Hbond substituents is 1. The number of hydrogen-bond donors (Lipinski definition) is 1. The highest BCUT2D eigenvalue weighted by molar-refractivity contribution is 7.98. The van der Waals surface area contributed by atoms with Crippen molar-refractivity contribution in [3.05, 3.63) is 118 Å². The quantitative estimate of drug-likeness (QED) is 0.213. The number of aromatic hydroxyl groups is 1.